The maximum absolute atomic E-state index is 12.9. The molecule has 0 aromatic heterocycles. The van der Waals surface area contributed by atoms with E-state index in [1.807, 2.05) is 0 Å². The Morgan fingerprint density at radius 1 is 1.14 bits per heavy atom. The molecule has 1 atom stereocenters. The SMILES string of the molecule is CC(C(=O)c1ccc(F)cc1)S(=O)(=O)c1cccc(Cl)c1. The summed E-state index contributed by atoms with van der Waals surface area (Å²) in [5, 5.41) is -1.00. The highest BCUT2D eigenvalue weighted by Crippen LogP contribution is 2.22. The zero-order valence-corrected chi connectivity index (χ0v) is 12.7. The molecule has 0 fully saturated rings. The fourth-order valence-corrected chi connectivity index (χ4v) is 3.48. The number of ketones is 1. The number of Topliss-reactive ketones (excluding diaryl/α,β-unsaturated/α-hetero) is 1. The Balaban J connectivity index is 2.36. The quantitative estimate of drug-likeness (QED) is 0.808. The van der Waals surface area contributed by atoms with E-state index in [4.69, 9.17) is 11.6 Å². The second-order valence-corrected chi connectivity index (χ2v) is 7.22. The number of sulfone groups is 1. The van der Waals surface area contributed by atoms with Crippen LogP contribution in [0.2, 0.25) is 5.02 Å². The van der Waals surface area contributed by atoms with Crippen molar-refractivity contribution in [2.24, 2.45) is 0 Å². The van der Waals surface area contributed by atoms with Crippen LogP contribution in [0, 0.1) is 5.82 Å². The lowest BCUT2D eigenvalue weighted by Gasteiger charge is -2.12. The van der Waals surface area contributed by atoms with Gasteiger partial charge in [-0.25, -0.2) is 12.8 Å². The van der Waals surface area contributed by atoms with Crippen molar-refractivity contribution in [3.63, 3.8) is 0 Å². The van der Waals surface area contributed by atoms with Gasteiger partial charge in [0.15, 0.2) is 15.6 Å². The summed E-state index contributed by atoms with van der Waals surface area (Å²) < 4.78 is 37.7. The molecule has 110 valence electrons. The molecule has 2 aromatic rings. The first-order valence-corrected chi connectivity index (χ1v) is 8.04. The van der Waals surface area contributed by atoms with Crippen molar-refractivity contribution in [3.8, 4) is 0 Å². The smallest absolute Gasteiger partial charge is 0.188 e. The first-order valence-electron chi connectivity index (χ1n) is 6.11. The summed E-state index contributed by atoms with van der Waals surface area (Å²) in [5.41, 5.74) is 0.148. The van der Waals surface area contributed by atoms with Gasteiger partial charge in [0.1, 0.15) is 11.1 Å². The fourth-order valence-electron chi connectivity index (χ4n) is 1.84. The minimum absolute atomic E-state index is 0.0158. The monoisotopic (exact) mass is 326 g/mol. The van der Waals surface area contributed by atoms with E-state index in [1.165, 1.54) is 37.3 Å². The lowest BCUT2D eigenvalue weighted by molar-refractivity contribution is 0.0991. The normalized spacial score (nSPS) is 12.9. The largest absolute Gasteiger partial charge is 0.293 e. The van der Waals surface area contributed by atoms with Gasteiger partial charge in [0.05, 0.1) is 4.90 Å². The van der Waals surface area contributed by atoms with E-state index in [0.717, 1.165) is 12.1 Å². The molecule has 0 aliphatic rings. The van der Waals surface area contributed by atoms with Crippen molar-refractivity contribution in [1.82, 2.24) is 0 Å². The van der Waals surface area contributed by atoms with E-state index in [0.29, 0.717) is 0 Å². The summed E-state index contributed by atoms with van der Waals surface area (Å²) >= 11 is 5.78. The molecular weight excluding hydrogens is 315 g/mol. The molecule has 0 saturated heterocycles. The van der Waals surface area contributed by atoms with Crippen molar-refractivity contribution in [2.45, 2.75) is 17.1 Å². The predicted octanol–water partition coefficient (Wildman–Crippen LogP) is 3.52. The van der Waals surface area contributed by atoms with Crippen LogP contribution in [-0.2, 0) is 9.84 Å². The molecule has 0 N–H and O–H groups in total. The van der Waals surface area contributed by atoms with Crippen LogP contribution in [-0.4, -0.2) is 19.5 Å². The van der Waals surface area contributed by atoms with Gasteiger partial charge in [0, 0.05) is 10.6 Å². The van der Waals surface area contributed by atoms with Gasteiger partial charge < -0.3 is 0 Å². The van der Waals surface area contributed by atoms with Gasteiger partial charge in [0.2, 0.25) is 0 Å². The van der Waals surface area contributed by atoms with Crippen molar-refractivity contribution < 1.29 is 17.6 Å². The maximum atomic E-state index is 12.9. The summed E-state index contributed by atoms with van der Waals surface area (Å²) in [6.45, 7) is 1.31. The van der Waals surface area contributed by atoms with Gasteiger partial charge in [0.25, 0.3) is 0 Å². The van der Waals surface area contributed by atoms with E-state index >= 15 is 0 Å². The topological polar surface area (TPSA) is 51.2 Å². The van der Waals surface area contributed by atoms with Crippen LogP contribution >= 0.6 is 11.6 Å². The van der Waals surface area contributed by atoms with Crippen LogP contribution in [0.1, 0.15) is 17.3 Å². The lowest BCUT2D eigenvalue weighted by Crippen LogP contribution is -2.27. The van der Waals surface area contributed by atoms with Gasteiger partial charge in [-0.15, -0.1) is 0 Å². The first-order chi connectivity index (χ1) is 9.82. The molecule has 2 rings (SSSR count). The molecule has 0 radical (unpaired) electrons. The minimum Gasteiger partial charge on any atom is -0.293 e. The summed E-state index contributed by atoms with van der Waals surface area (Å²) in [7, 11) is -3.85. The molecule has 0 bridgehead atoms. The molecule has 6 heteroatoms. The van der Waals surface area contributed by atoms with Gasteiger partial charge in [-0.2, -0.15) is 0 Å². The van der Waals surface area contributed by atoms with E-state index in [-0.39, 0.29) is 15.5 Å². The molecule has 0 heterocycles. The molecule has 0 spiro atoms. The summed E-state index contributed by atoms with van der Waals surface area (Å²) in [6, 6.07) is 10.5. The van der Waals surface area contributed by atoms with Crippen molar-refractivity contribution in [3.05, 3.63) is 64.9 Å². The van der Waals surface area contributed by atoms with Crippen LogP contribution in [0.25, 0.3) is 0 Å². The lowest BCUT2D eigenvalue weighted by atomic mass is 10.1. The van der Waals surface area contributed by atoms with Gasteiger partial charge in [-0.05, 0) is 49.4 Å². The molecule has 1 unspecified atom stereocenters. The van der Waals surface area contributed by atoms with Crippen LogP contribution in [0.3, 0.4) is 0 Å². The van der Waals surface area contributed by atoms with E-state index in [2.05, 4.69) is 0 Å². The van der Waals surface area contributed by atoms with Crippen molar-refractivity contribution in [2.75, 3.05) is 0 Å². The number of hydrogen-bond donors (Lipinski definition) is 0. The molecular formula is C15H12ClFO3S. The molecule has 0 saturated carbocycles. The fraction of sp³-hybridized carbons (Fsp3) is 0.133. The third-order valence-electron chi connectivity index (χ3n) is 3.09. The average molecular weight is 327 g/mol. The highest BCUT2D eigenvalue weighted by molar-refractivity contribution is 7.92. The zero-order valence-electron chi connectivity index (χ0n) is 11.1. The number of hydrogen-bond acceptors (Lipinski definition) is 3. The van der Waals surface area contributed by atoms with Crippen LogP contribution in [0.5, 0.6) is 0 Å². The summed E-state index contributed by atoms with van der Waals surface area (Å²) in [6.07, 6.45) is 0. The Morgan fingerprint density at radius 3 is 2.33 bits per heavy atom. The highest BCUT2D eigenvalue weighted by Gasteiger charge is 2.30. The number of benzene rings is 2. The van der Waals surface area contributed by atoms with Crippen LogP contribution in [0.15, 0.2) is 53.4 Å². The third kappa shape index (κ3) is 3.31. The molecule has 0 amide bonds. The molecule has 0 aliphatic heterocycles. The third-order valence-corrected chi connectivity index (χ3v) is 5.38. The molecule has 0 aliphatic carbocycles. The van der Waals surface area contributed by atoms with Gasteiger partial charge in [-0.3, -0.25) is 4.79 Å². The standard InChI is InChI=1S/C15H12ClFO3S/c1-10(15(18)11-5-7-13(17)8-6-11)21(19,20)14-4-2-3-12(16)9-14/h2-10H,1H3. The Bertz CT molecular complexity index is 770. The summed E-state index contributed by atoms with van der Waals surface area (Å²) in [4.78, 5) is 12.2. The minimum atomic E-state index is -3.85. The first kappa shape index (κ1) is 15.7. The van der Waals surface area contributed by atoms with Gasteiger partial charge >= 0.3 is 0 Å². The van der Waals surface area contributed by atoms with Crippen molar-refractivity contribution in [1.29, 1.82) is 0 Å². The summed E-state index contributed by atoms with van der Waals surface area (Å²) in [5.74, 6) is -1.08. The van der Waals surface area contributed by atoms with E-state index in [1.54, 1.807) is 6.07 Å². The maximum Gasteiger partial charge on any atom is 0.188 e. The van der Waals surface area contributed by atoms with Gasteiger partial charge in [-0.1, -0.05) is 17.7 Å². The Labute approximate surface area is 127 Å². The Kier molecular flexibility index (Phi) is 4.44. The average Bonchev–Trinajstić information content (AvgIpc) is 2.46. The number of halogens is 2. The van der Waals surface area contributed by atoms with E-state index < -0.39 is 26.7 Å². The predicted molar refractivity (Wildman–Crippen MR) is 78.8 cm³/mol. The Hall–Kier alpha value is -1.72. The molecule has 21 heavy (non-hydrogen) atoms. The van der Waals surface area contributed by atoms with Crippen LogP contribution < -0.4 is 0 Å². The second kappa shape index (κ2) is 5.95. The highest BCUT2D eigenvalue weighted by atomic mass is 35.5. The number of carbonyl (C=O) groups excluding carboxylic acids is 1. The zero-order chi connectivity index (χ0) is 15.6. The second-order valence-electron chi connectivity index (χ2n) is 4.52. The van der Waals surface area contributed by atoms with Crippen molar-refractivity contribution >= 4 is 27.2 Å². The Morgan fingerprint density at radius 2 is 1.76 bits per heavy atom. The molecule has 3 nitrogen and oxygen atoms in total. The number of carbonyl (C=O) groups is 1. The number of rotatable bonds is 4. The van der Waals surface area contributed by atoms with Crippen LogP contribution in [0.4, 0.5) is 4.39 Å². The van der Waals surface area contributed by atoms with E-state index in [9.17, 15) is 17.6 Å². The molecule has 2 aromatic carbocycles.